The van der Waals surface area contributed by atoms with E-state index in [9.17, 15) is 0 Å². The number of nitrogens with one attached hydrogen (secondary N) is 3. The predicted molar refractivity (Wildman–Crippen MR) is 101 cm³/mol. The molecule has 2 rings (SSSR count). The molecule has 0 atom stereocenters. The Morgan fingerprint density at radius 2 is 1.92 bits per heavy atom. The van der Waals surface area contributed by atoms with Gasteiger partial charge in [-0.2, -0.15) is 0 Å². The fraction of sp³-hybridized carbons (Fsp3) is 0.176. The molecule has 1 heterocycles. The van der Waals surface area contributed by atoms with Crippen molar-refractivity contribution in [2.75, 3.05) is 17.7 Å². The van der Waals surface area contributed by atoms with Gasteiger partial charge in [-0.1, -0.05) is 12.2 Å². The molecule has 0 spiro atoms. The topological polar surface area (TPSA) is 82.9 Å². The summed E-state index contributed by atoms with van der Waals surface area (Å²) < 4.78 is 5.44. The number of aromatic nitrogens is 2. The minimum Gasteiger partial charge on any atom is -0.496 e. The molecule has 1 aromatic heterocycles. The van der Waals surface area contributed by atoms with E-state index in [1.807, 2.05) is 25.1 Å². The van der Waals surface area contributed by atoms with E-state index in [0.29, 0.717) is 22.1 Å². The third-order valence-corrected chi connectivity index (χ3v) is 3.63. The van der Waals surface area contributed by atoms with Crippen LogP contribution in [0.3, 0.4) is 0 Å². The SMILES string of the molecule is COc1cc(N/C=C(/C)C(C)=N)ccc1C(=S)Nc1cncnc1. The number of ether oxygens (including phenoxy) is 1. The monoisotopic (exact) mass is 341 g/mol. The van der Waals surface area contributed by atoms with Crippen molar-refractivity contribution in [1.29, 1.82) is 5.41 Å². The Kier molecular flexibility index (Phi) is 5.97. The highest BCUT2D eigenvalue weighted by Gasteiger charge is 2.10. The lowest BCUT2D eigenvalue weighted by molar-refractivity contribution is 0.414. The van der Waals surface area contributed by atoms with Crippen molar-refractivity contribution in [3.63, 3.8) is 0 Å². The van der Waals surface area contributed by atoms with Gasteiger partial charge in [0.15, 0.2) is 0 Å². The van der Waals surface area contributed by atoms with Crippen LogP contribution < -0.4 is 15.4 Å². The largest absolute Gasteiger partial charge is 0.496 e. The van der Waals surface area contributed by atoms with Crippen LogP contribution >= 0.6 is 12.2 Å². The summed E-state index contributed by atoms with van der Waals surface area (Å²) in [6, 6.07) is 5.63. The van der Waals surface area contributed by atoms with Gasteiger partial charge in [-0.05, 0) is 31.6 Å². The van der Waals surface area contributed by atoms with Gasteiger partial charge in [0.25, 0.3) is 0 Å². The van der Waals surface area contributed by atoms with Crippen LogP contribution in [-0.4, -0.2) is 27.8 Å². The lowest BCUT2D eigenvalue weighted by Crippen LogP contribution is -2.12. The summed E-state index contributed by atoms with van der Waals surface area (Å²) >= 11 is 5.43. The smallest absolute Gasteiger partial charge is 0.131 e. The molecule has 0 aliphatic rings. The van der Waals surface area contributed by atoms with E-state index in [-0.39, 0.29) is 0 Å². The van der Waals surface area contributed by atoms with Gasteiger partial charge in [-0.25, -0.2) is 9.97 Å². The van der Waals surface area contributed by atoms with E-state index in [4.69, 9.17) is 22.4 Å². The summed E-state index contributed by atoms with van der Waals surface area (Å²) in [5.74, 6) is 0.645. The molecule has 0 fully saturated rings. The van der Waals surface area contributed by atoms with Crippen molar-refractivity contribution in [2.24, 2.45) is 0 Å². The van der Waals surface area contributed by atoms with Crippen molar-refractivity contribution in [2.45, 2.75) is 13.8 Å². The van der Waals surface area contributed by atoms with Gasteiger partial charge in [-0.3, -0.25) is 0 Å². The Balaban J connectivity index is 2.18. The number of nitrogens with zero attached hydrogens (tertiary/aromatic N) is 2. The lowest BCUT2D eigenvalue weighted by Gasteiger charge is -2.13. The number of benzene rings is 1. The molecule has 2 aromatic rings. The third-order valence-electron chi connectivity index (χ3n) is 3.31. The first-order valence-corrected chi connectivity index (χ1v) is 7.65. The quantitative estimate of drug-likeness (QED) is 0.550. The number of anilines is 2. The van der Waals surface area contributed by atoms with E-state index in [0.717, 1.165) is 16.8 Å². The molecule has 0 aliphatic carbocycles. The van der Waals surface area contributed by atoms with E-state index < -0.39 is 0 Å². The molecule has 7 heteroatoms. The fourth-order valence-electron chi connectivity index (χ4n) is 1.83. The normalized spacial score (nSPS) is 10.9. The van der Waals surface area contributed by atoms with Crippen molar-refractivity contribution >= 4 is 34.3 Å². The highest BCUT2D eigenvalue weighted by atomic mass is 32.1. The second-order valence-corrected chi connectivity index (χ2v) is 5.50. The molecular weight excluding hydrogens is 322 g/mol. The minimum atomic E-state index is 0.515. The van der Waals surface area contributed by atoms with Crippen LogP contribution in [0.15, 0.2) is 48.7 Å². The molecule has 0 amide bonds. The molecule has 0 unspecified atom stereocenters. The second-order valence-electron chi connectivity index (χ2n) is 5.09. The molecule has 0 radical (unpaired) electrons. The Hall–Kier alpha value is -2.80. The van der Waals surface area contributed by atoms with Crippen LogP contribution in [-0.2, 0) is 0 Å². The zero-order valence-electron chi connectivity index (χ0n) is 13.8. The third kappa shape index (κ3) is 4.60. The molecule has 124 valence electrons. The Bertz CT molecular complexity index is 774. The fourth-order valence-corrected chi connectivity index (χ4v) is 2.12. The van der Waals surface area contributed by atoms with E-state index in [1.54, 1.807) is 32.6 Å². The average molecular weight is 341 g/mol. The Morgan fingerprint density at radius 1 is 1.21 bits per heavy atom. The number of hydrogen-bond acceptors (Lipinski definition) is 6. The van der Waals surface area contributed by atoms with Gasteiger partial charge in [0.2, 0.25) is 0 Å². The van der Waals surface area contributed by atoms with Crippen molar-refractivity contribution < 1.29 is 4.74 Å². The number of methoxy groups -OCH3 is 1. The molecule has 6 nitrogen and oxygen atoms in total. The second kappa shape index (κ2) is 8.16. The zero-order valence-corrected chi connectivity index (χ0v) is 14.6. The number of rotatable bonds is 6. The first-order valence-electron chi connectivity index (χ1n) is 7.24. The van der Waals surface area contributed by atoms with Gasteiger partial charge >= 0.3 is 0 Å². The van der Waals surface area contributed by atoms with Crippen LogP contribution in [0.4, 0.5) is 11.4 Å². The molecule has 3 N–H and O–H groups in total. The summed E-state index contributed by atoms with van der Waals surface area (Å²) in [6.07, 6.45) is 6.54. The van der Waals surface area contributed by atoms with Gasteiger partial charge < -0.3 is 20.8 Å². The predicted octanol–water partition coefficient (Wildman–Crippen LogP) is 3.63. The molecule has 0 bridgehead atoms. The van der Waals surface area contributed by atoms with Gasteiger partial charge in [0, 0.05) is 23.7 Å². The van der Waals surface area contributed by atoms with Crippen LogP contribution in [0.2, 0.25) is 0 Å². The zero-order chi connectivity index (χ0) is 17.5. The standard InChI is InChI=1S/C17H19N5OS/c1-11(12(2)18)7-21-13-4-5-15(16(6-13)23-3)17(24)22-14-8-19-10-20-9-14/h4-10,18,21H,1-3H3,(H,22,24)/b11-7-,18-12?. The van der Waals surface area contributed by atoms with Crippen LogP contribution in [0.5, 0.6) is 5.75 Å². The highest BCUT2D eigenvalue weighted by Crippen LogP contribution is 2.25. The number of allylic oxidation sites excluding steroid dienone is 1. The van der Waals surface area contributed by atoms with E-state index in [2.05, 4.69) is 20.6 Å². The average Bonchev–Trinajstić information content (AvgIpc) is 2.60. The van der Waals surface area contributed by atoms with Gasteiger partial charge in [0.1, 0.15) is 17.1 Å². The summed E-state index contributed by atoms with van der Waals surface area (Å²) in [5.41, 5.74) is 3.71. The molecule has 0 saturated heterocycles. The number of thiocarbonyl (C=S) groups is 1. The van der Waals surface area contributed by atoms with E-state index >= 15 is 0 Å². The van der Waals surface area contributed by atoms with Gasteiger partial charge in [-0.15, -0.1) is 0 Å². The summed E-state index contributed by atoms with van der Waals surface area (Å²) in [4.78, 5) is 8.41. The Morgan fingerprint density at radius 3 is 2.54 bits per heavy atom. The van der Waals surface area contributed by atoms with Gasteiger partial charge in [0.05, 0.1) is 30.8 Å². The summed E-state index contributed by atoms with van der Waals surface area (Å²) in [5, 5.41) is 13.8. The van der Waals surface area contributed by atoms with E-state index in [1.165, 1.54) is 6.33 Å². The Labute approximate surface area is 146 Å². The van der Waals surface area contributed by atoms with Crippen LogP contribution in [0.1, 0.15) is 19.4 Å². The number of hydrogen-bond donors (Lipinski definition) is 3. The minimum absolute atomic E-state index is 0.515. The van der Waals surface area contributed by atoms with Crippen LogP contribution in [0, 0.1) is 5.41 Å². The molecular formula is C17H19N5OS. The summed E-state index contributed by atoms with van der Waals surface area (Å²) in [7, 11) is 1.60. The van der Waals surface area contributed by atoms with Crippen molar-refractivity contribution in [3.8, 4) is 5.75 Å². The maximum absolute atomic E-state index is 7.57. The maximum atomic E-state index is 7.57. The summed E-state index contributed by atoms with van der Waals surface area (Å²) in [6.45, 7) is 3.62. The molecule has 0 aliphatic heterocycles. The van der Waals surface area contributed by atoms with Crippen LogP contribution in [0.25, 0.3) is 0 Å². The van der Waals surface area contributed by atoms with Crippen molar-refractivity contribution in [3.05, 3.63) is 54.3 Å². The molecule has 1 aromatic carbocycles. The molecule has 0 saturated carbocycles. The lowest BCUT2D eigenvalue weighted by atomic mass is 10.1. The highest BCUT2D eigenvalue weighted by molar-refractivity contribution is 7.81. The molecule has 24 heavy (non-hydrogen) atoms. The first-order chi connectivity index (χ1) is 11.5. The maximum Gasteiger partial charge on any atom is 0.131 e. The van der Waals surface area contributed by atoms with Crippen molar-refractivity contribution in [1.82, 2.24) is 9.97 Å². The first kappa shape index (κ1) is 17.6.